The third-order valence-electron chi connectivity index (χ3n) is 3.17. The van der Waals surface area contributed by atoms with Crippen LogP contribution < -0.4 is 5.32 Å². The summed E-state index contributed by atoms with van der Waals surface area (Å²) in [6.45, 7) is 0.356. The van der Waals surface area contributed by atoms with E-state index in [4.69, 9.17) is 16.0 Å². The average molecular weight is 313 g/mol. The van der Waals surface area contributed by atoms with Crippen LogP contribution in [0.25, 0.3) is 11.5 Å². The molecule has 2 heterocycles. The highest BCUT2D eigenvalue weighted by atomic mass is 35.5. The molecule has 1 aromatic carbocycles. The summed E-state index contributed by atoms with van der Waals surface area (Å²) in [5.41, 5.74) is 2.13. The van der Waals surface area contributed by atoms with E-state index in [1.54, 1.807) is 42.8 Å². The van der Waals surface area contributed by atoms with Crippen LogP contribution in [-0.2, 0) is 6.54 Å². The second kappa shape index (κ2) is 6.45. The highest BCUT2D eigenvalue weighted by molar-refractivity contribution is 6.30. The van der Waals surface area contributed by atoms with Crippen molar-refractivity contribution < 1.29 is 9.21 Å². The summed E-state index contributed by atoms with van der Waals surface area (Å²) in [4.78, 5) is 16.5. The standard InChI is InChI=1S/C17H13ClN2O2/c18-14-6-1-4-12(10-14)17(21)20-11-13-5-2-8-19-16(13)15-7-3-9-22-15/h1-10H,11H2,(H,20,21). The lowest BCUT2D eigenvalue weighted by Gasteiger charge is -2.08. The van der Waals surface area contributed by atoms with Gasteiger partial charge in [-0.1, -0.05) is 23.7 Å². The van der Waals surface area contributed by atoms with Gasteiger partial charge in [0.05, 0.1) is 6.26 Å². The summed E-state index contributed by atoms with van der Waals surface area (Å²) in [5.74, 6) is 0.490. The quantitative estimate of drug-likeness (QED) is 0.794. The van der Waals surface area contributed by atoms with Gasteiger partial charge in [-0.3, -0.25) is 9.78 Å². The number of pyridine rings is 1. The van der Waals surface area contributed by atoms with Gasteiger partial charge in [-0.2, -0.15) is 0 Å². The smallest absolute Gasteiger partial charge is 0.251 e. The zero-order chi connectivity index (χ0) is 15.4. The van der Waals surface area contributed by atoms with E-state index in [0.29, 0.717) is 22.9 Å². The number of nitrogens with one attached hydrogen (secondary N) is 1. The van der Waals surface area contributed by atoms with Gasteiger partial charge >= 0.3 is 0 Å². The molecule has 3 rings (SSSR count). The normalized spacial score (nSPS) is 10.4. The third-order valence-corrected chi connectivity index (χ3v) is 3.41. The Morgan fingerprint density at radius 3 is 2.86 bits per heavy atom. The summed E-state index contributed by atoms with van der Waals surface area (Å²) in [6.07, 6.45) is 3.29. The predicted octanol–water partition coefficient (Wildman–Crippen LogP) is 3.93. The van der Waals surface area contributed by atoms with Gasteiger partial charge in [0.1, 0.15) is 5.69 Å². The summed E-state index contributed by atoms with van der Waals surface area (Å²) >= 11 is 5.90. The molecule has 0 saturated heterocycles. The summed E-state index contributed by atoms with van der Waals surface area (Å²) in [6, 6.07) is 14.2. The molecule has 1 N–H and O–H groups in total. The van der Waals surface area contributed by atoms with Crippen molar-refractivity contribution in [3.8, 4) is 11.5 Å². The molecular weight excluding hydrogens is 300 g/mol. The molecule has 5 heteroatoms. The Labute approximate surface area is 132 Å². The Balaban J connectivity index is 1.76. The number of nitrogens with zero attached hydrogens (tertiary/aromatic N) is 1. The van der Waals surface area contributed by atoms with E-state index in [9.17, 15) is 4.79 Å². The molecule has 0 aliphatic carbocycles. The molecule has 0 atom stereocenters. The fourth-order valence-corrected chi connectivity index (χ4v) is 2.31. The molecule has 3 aromatic rings. The second-order valence-corrected chi connectivity index (χ2v) is 5.12. The lowest BCUT2D eigenvalue weighted by atomic mass is 10.1. The first-order valence-corrected chi connectivity index (χ1v) is 7.13. The summed E-state index contributed by atoms with van der Waals surface area (Å²) < 4.78 is 5.37. The molecule has 2 aromatic heterocycles. The average Bonchev–Trinajstić information content (AvgIpc) is 3.07. The Kier molecular flexibility index (Phi) is 4.21. The van der Waals surface area contributed by atoms with Crippen molar-refractivity contribution in [1.29, 1.82) is 0 Å². The van der Waals surface area contributed by atoms with E-state index in [0.717, 1.165) is 11.3 Å². The summed E-state index contributed by atoms with van der Waals surface area (Å²) in [7, 11) is 0. The van der Waals surface area contributed by atoms with Crippen LogP contribution >= 0.6 is 11.6 Å². The number of hydrogen-bond acceptors (Lipinski definition) is 3. The van der Waals surface area contributed by atoms with Gasteiger partial charge in [0, 0.05) is 28.9 Å². The predicted molar refractivity (Wildman–Crippen MR) is 84.6 cm³/mol. The Hall–Kier alpha value is -2.59. The SMILES string of the molecule is O=C(NCc1cccnc1-c1ccco1)c1cccc(Cl)c1. The molecule has 0 spiro atoms. The highest BCUT2D eigenvalue weighted by Crippen LogP contribution is 2.21. The zero-order valence-electron chi connectivity index (χ0n) is 11.6. The van der Waals surface area contributed by atoms with Crippen LogP contribution in [0.2, 0.25) is 5.02 Å². The van der Waals surface area contributed by atoms with E-state index < -0.39 is 0 Å². The lowest BCUT2D eigenvalue weighted by molar-refractivity contribution is 0.0951. The molecule has 0 aliphatic heterocycles. The van der Waals surface area contributed by atoms with E-state index in [2.05, 4.69) is 10.3 Å². The maximum atomic E-state index is 12.2. The molecule has 110 valence electrons. The van der Waals surface area contributed by atoms with Crippen LogP contribution in [0.5, 0.6) is 0 Å². The van der Waals surface area contributed by atoms with Crippen LogP contribution in [-0.4, -0.2) is 10.9 Å². The molecule has 4 nitrogen and oxygen atoms in total. The van der Waals surface area contributed by atoms with Gasteiger partial charge in [0.2, 0.25) is 0 Å². The van der Waals surface area contributed by atoms with Gasteiger partial charge < -0.3 is 9.73 Å². The first kappa shape index (κ1) is 14.4. The molecule has 0 unspecified atom stereocenters. The maximum absolute atomic E-state index is 12.2. The number of benzene rings is 1. The van der Waals surface area contributed by atoms with Gasteiger partial charge in [-0.05, 0) is 36.4 Å². The zero-order valence-corrected chi connectivity index (χ0v) is 12.4. The Morgan fingerprint density at radius 2 is 2.09 bits per heavy atom. The first-order valence-electron chi connectivity index (χ1n) is 6.75. The molecule has 0 radical (unpaired) electrons. The van der Waals surface area contributed by atoms with Crippen molar-refractivity contribution >= 4 is 17.5 Å². The van der Waals surface area contributed by atoms with Crippen LogP contribution in [0.15, 0.2) is 65.4 Å². The largest absolute Gasteiger partial charge is 0.463 e. The molecule has 0 fully saturated rings. The number of hydrogen-bond donors (Lipinski definition) is 1. The lowest BCUT2D eigenvalue weighted by Crippen LogP contribution is -2.23. The minimum absolute atomic E-state index is 0.184. The number of carbonyl (C=O) groups is 1. The van der Waals surface area contributed by atoms with Gasteiger partial charge in [0.25, 0.3) is 5.91 Å². The van der Waals surface area contributed by atoms with Gasteiger partial charge in [-0.25, -0.2) is 0 Å². The van der Waals surface area contributed by atoms with E-state index >= 15 is 0 Å². The van der Waals surface area contributed by atoms with Crippen LogP contribution in [0, 0.1) is 0 Å². The van der Waals surface area contributed by atoms with Crippen LogP contribution in [0.3, 0.4) is 0 Å². The van der Waals surface area contributed by atoms with Gasteiger partial charge in [-0.15, -0.1) is 0 Å². The monoisotopic (exact) mass is 312 g/mol. The van der Waals surface area contributed by atoms with Gasteiger partial charge in [0.15, 0.2) is 5.76 Å². The number of rotatable bonds is 4. The van der Waals surface area contributed by atoms with Crippen molar-refractivity contribution in [2.75, 3.05) is 0 Å². The molecule has 0 bridgehead atoms. The minimum atomic E-state index is -0.184. The van der Waals surface area contributed by atoms with Crippen LogP contribution in [0.1, 0.15) is 15.9 Å². The number of carbonyl (C=O) groups excluding carboxylic acids is 1. The topological polar surface area (TPSA) is 55.1 Å². The molecule has 0 aliphatic rings. The van der Waals surface area contributed by atoms with E-state index in [-0.39, 0.29) is 5.91 Å². The Morgan fingerprint density at radius 1 is 1.18 bits per heavy atom. The van der Waals surface area contributed by atoms with E-state index in [1.807, 2.05) is 18.2 Å². The van der Waals surface area contributed by atoms with E-state index in [1.165, 1.54) is 0 Å². The number of furan rings is 1. The first-order chi connectivity index (χ1) is 10.7. The maximum Gasteiger partial charge on any atom is 0.251 e. The van der Waals surface area contributed by atoms with Crippen LogP contribution in [0.4, 0.5) is 0 Å². The number of aromatic nitrogens is 1. The molecule has 0 saturated carbocycles. The second-order valence-electron chi connectivity index (χ2n) is 4.68. The van der Waals surface area contributed by atoms with Crippen molar-refractivity contribution in [2.24, 2.45) is 0 Å². The molecule has 22 heavy (non-hydrogen) atoms. The number of amides is 1. The number of halogens is 1. The fraction of sp³-hybridized carbons (Fsp3) is 0.0588. The highest BCUT2D eigenvalue weighted by Gasteiger charge is 2.11. The summed E-state index contributed by atoms with van der Waals surface area (Å²) in [5, 5.41) is 3.40. The van der Waals surface area contributed by atoms with Crippen molar-refractivity contribution in [3.05, 3.63) is 77.1 Å². The fourth-order valence-electron chi connectivity index (χ4n) is 2.12. The molecule has 1 amide bonds. The minimum Gasteiger partial charge on any atom is -0.463 e. The Bertz CT molecular complexity index is 785. The van der Waals surface area contributed by atoms with Crippen molar-refractivity contribution in [3.63, 3.8) is 0 Å². The van der Waals surface area contributed by atoms with Crippen molar-refractivity contribution in [2.45, 2.75) is 6.54 Å². The molecular formula is C17H13ClN2O2. The van der Waals surface area contributed by atoms with Crippen molar-refractivity contribution in [1.82, 2.24) is 10.3 Å². The third kappa shape index (κ3) is 3.18.